The van der Waals surface area contributed by atoms with Crippen molar-refractivity contribution in [3.63, 3.8) is 0 Å². The molecule has 7 heteroatoms. The van der Waals surface area contributed by atoms with E-state index in [-0.39, 0.29) is 11.2 Å². The third-order valence-electron chi connectivity index (χ3n) is 4.38. The van der Waals surface area contributed by atoms with Gasteiger partial charge in [0.1, 0.15) is 0 Å². The SMILES string of the molecule is C=CCn1c(C)cn2c3c(=O)n(CCC(C)C)c(=O)n(C)c3nc12. The van der Waals surface area contributed by atoms with Gasteiger partial charge in [0, 0.05) is 32.0 Å². The normalized spacial score (nSPS) is 11.9. The summed E-state index contributed by atoms with van der Waals surface area (Å²) in [4.78, 5) is 30.0. The van der Waals surface area contributed by atoms with Crippen LogP contribution in [0.5, 0.6) is 0 Å². The van der Waals surface area contributed by atoms with Crippen molar-refractivity contribution in [2.24, 2.45) is 13.0 Å². The molecule has 0 spiro atoms. The molecule has 0 aliphatic rings. The Morgan fingerprint density at radius 3 is 2.62 bits per heavy atom. The van der Waals surface area contributed by atoms with Crippen molar-refractivity contribution >= 4 is 16.9 Å². The zero-order valence-corrected chi connectivity index (χ0v) is 14.6. The Kier molecular flexibility index (Phi) is 3.95. The van der Waals surface area contributed by atoms with Crippen molar-refractivity contribution < 1.29 is 0 Å². The first-order valence-electron chi connectivity index (χ1n) is 8.15. The number of rotatable bonds is 5. The topological polar surface area (TPSA) is 66.2 Å². The summed E-state index contributed by atoms with van der Waals surface area (Å²) in [6.07, 6.45) is 4.44. The lowest BCUT2D eigenvalue weighted by Gasteiger charge is -2.09. The summed E-state index contributed by atoms with van der Waals surface area (Å²) in [5, 5.41) is 0. The molecule has 3 heterocycles. The van der Waals surface area contributed by atoms with Gasteiger partial charge in [-0.1, -0.05) is 19.9 Å². The second kappa shape index (κ2) is 5.81. The molecule has 3 aromatic heterocycles. The first-order valence-corrected chi connectivity index (χ1v) is 8.15. The minimum atomic E-state index is -0.319. The summed E-state index contributed by atoms with van der Waals surface area (Å²) < 4.78 is 6.52. The summed E-state index contributed by atoms with van der Waals surface area (Å²) in [6, 6.07) is 0. The molecule has 0 unspecified atom stereocenters. The highest BCUT2D eigenvalue weighted by Gasteiger charge is 2.19. The summed E-state index contributed by atoms with van der Waals surface area (Å²) >= 11 is 0. The van der Waals surface area contributed by atoms with E-state index in [2.05, 4.69) is 25.4 Å². The van der Waals surface area contributed by atoms with E-state index in [4.69, 9.17) is 0 Å². The van der Waals surface area contributed by atoms with Crippen LogP contribution >= 0.6 is 0 Å². The van der Waals surface area contributed by atoms with E-state index in [0.717, 1.165) is 12.1 Å². The maximum atomic E-state index is 12.9. The largest absolute Gasteiger partial charge is 0.332 e. The molecule has 0 aliphatic heterocycles. The Morgan fingerprint density at radius 1 is 1.29 bits per heavy atom. The summed E-state index contributed by atoms with van der Waals surface area (Å²) in [5.41, 5.74) is 1.25. The van der Waals surface area contributed by atoms with Crippen LogP contribution in [0.1, 0.15) is 26.0 Å². The Bertz CT molecular complexity index is 1050. The molecule has 128 valence electrons. The van der Waals surface area contributed by atoms with Crippen molar-refractivity contribution in [1.29, 1.82) is 0 Å². The number of imidazole rings is 2. The van der Waals surface area contributed by atoms with Gasteiger partial charge in [0.15, 0.2) is 11.2 Å². The summed E-state index contributed by atoms with van der Waals surface area (Å²) in [7, 11) is 1.66. The number of hydrogen-bond acceptors (Lipinski definition) is 3. The maximum absolute atomic E-state index is 12.9. The number of aromatic nitrogens is 5. The molecule has 0 aliphatic carbocycles. The van der Waals surface area contributed by atoms with Crippen molar-refractivity contribution in [2.75, 3.05) is 0 Å². The zero-order valence-electron chi connectivity index (χ0n) is 14.6. The van der Waals surface area contributed by atoms with Gasteiger partial charge in [0.25, 0.3) is 5.56 Å². The van der Waals surface area contributed by atoms with Crippen LogP contribution in [0.15, 0.2) is 28.4 Å². The fraction of sp³-hybridized carbons (Fsp3) is 0.471. The average molecular weight is 329 g/mol. The predicted octanol–water partition coefficient (Wildman–Crippen LogP) is 1.69. The number of aryl methyl sites for hydroxylation is 2. The van der Waals surface area contributed by atoms with Crippen molar-refractivity contribution in [3.8, 4) is 0 Å². The summed E-state index contributed by atoms with van der Waals surface area (Å²) in [6.45, 7) is 10.9. The summed E-state index contributed by atoms with van der Waals surface area (Å²) in [5.74, 6) is 1.06. The van der Waals surface area contributed by atoms with E-state index in [0.29, 0.717) is 35.9 Å². The number of allylic oxidation sites excluding steroid dienone is 1. The van der Waals surface area contributed by atoms with E-state index in [9.17, 15) is 9.59 Å². The molecule has 0 fully saturated rings. The lowest BCUT2D eigenvalue weighted by Crippen LogP contribution is -2.39. The Morgan fingerprint density at radius 2 is 2.00 bits per heavy atom. The van der Waals surface area contributed by atoms with Crippen LogP contribution in [0.2, 0.25) is 0 Å². The van der Waals surface area contributed by atoms with Crippen LogP contribution in [0.4, 0.5) is 0 Å². The van der Waals surface area contributed by atoms with Gasteiger partial charge in [-0.05, 0) is 19.3 Å². The molecular weight excluding hydrogens is 306 g/mol. The molecular formula is C17H23N5O2. The van der Waals surface area contributed by atoms with Crippen LogP contribution in [0, 0.1) is 12.8 Å². The van der Waals surface area contributed by atoms with Crippen molar-refractivity contribution in [2.45, 2.75) is 40.3 Å². The molecule has 3 aromatic rings. The lowest BCUT2D eigenvalue weighted by atomic mass is 10.1. The van der Waals surface area contributed by atoms with Crippen molar-refractivity contribution in [3.05, 3.63) is 45.4 Å². The van der Waals surface area contributed by atoms with E-state index < -0.39 is 0 Å². The fourth-order valence-electron chi connectivity index (χ4n) is 2.99. The van der Waals surface area contributed by atoms with E-state index in [1.807, 2.05) is 17.7 Å². The van der Waals surface area contributed by atoms with E-state index >= 15 is 0 Å². The Labute approximate surface area is 139 Å². The third kappa shape index (κ3) is 2.31. The zero-order chi connectivity index (χ0) is 17.6. The molecule has 24 heavy (non-hydrogen) atoms. The van der Waals surface area contributed by atoms with Gasteiger partial charge < -0.3 is 4.57 Å². The van der Waals surface area contributed by atoms with Crippen LogP contribution in [-0.4, -0.2) is 23.1 Å². The Balaban J connectivity index is 2.36. The molecule has 0 atom stereocenters. The fourth-order valence-corrected chi connectivity index (χ4v) is 2.99. The molecule has 0 saturated carbocycles. The second-order valence-electron chi connectivity index (χ2n) is 6.60. The van der Waals surface area contributed by atoms with Gasteiger partial charge in [-0.15, -0.1) is 6.58 Å². The first-order chi connectivity index (χ1) is 11.4. The maximum Gasteiger partial charge on any atom is 0.332 e. The number of hydrogen-bond donors (Lipinski definition) is 0. The third-order valence-corrected chi connectivity index (χ3v) is 4.38. The van der Waals surface area contributed by atoms with Gasteiger partial charge >= 0.3 is 5.69 Å². The lowest BCUT2D eigenvalue weighted by molar-refractivity contribution is 0.488. The molecule has 0 radical (unpaired) electrons. The molecule has 7 nitrogen and oxygen atoms in total. The molecule has 0 aromatic carbocycles. The monoisotopic (exact) mass is 329 g/mol. The molecule has 0 amide bonds. The van der Waals surface area contributed by atoms with Crippen molar-refractivity contribution in [1.82, 2.24) is 23.1 Å². The Hall–Kier alpha value is -2.57. The second-order valence-corrected chi connectivity index (χ2v) is 6.60. The van der Waals surface area contributed by atoms with E-state index in [1.54, 1.807) is 17.5 Å². The van der Waals surface area contributed by atoms with Gasteiger partial charge in [0.05, 0.1) is 0 Å². The number of nitrogens with zero attached hydrogens (tertiary/aromatic N) is 5. The van der Waals surface area contributed by atoms with Crippen LogP contribution in [0.3, 0.4) is 0 Å². The van der Waals surface area contributed by atoms with E-state index in [1.165, 1.54) is 9.13 Å². The quantitative estimate of drug-likeness (QED) is 0.669. The highest BCUT2D eigenvalue weighted by Crippen LogP contribution is 2.16. The first kappa shape index (κ1) is 16.3. The standard InChI is InChI=1S/C17H23N5O2/c1-6-8-20-12(4)10-22-13-14(18-16(20)22)19(5)17(24)21(15(13)23)9-7-11(2)3/h6,10-11H,1,7-9H2,2-5H3. The van der Waals surface area contributed by atoms with Gasteiger partial charge in [-0.2, -0.15) is 4.98 Å². The average Bonchev–Trinajstić information content (AvgIpc) is 3.02. The molecule has 0 saturated heterocycles. The van der Waals surface area contributed by atoms with Crippen LogP contribution in [-0.2, 0) is 20.1 Å². The smallest absolute Gasteiger partial charge is 0.310 e. The van der Waals surface area contributed by atoms with Gasteiger partial charge in [-0.25, -0.2) is 4.79 Å². The van der Waals surface area contributed by atoms with Crippen LogP contribution in [0.25, 0.3) is 16.9 Å². The minimum absolute atomic E-state index is 0.281. The molecule has 0 N–H and O–H groups in total. The van der Waals surface area contributed by atoms with Gasteiger partial charge in [-0.3, -0.25) is 18.3 Å². The molecule has 0 bridgehead atoms. The van der Waals surface area contributed by atoms with Gasteiger partial charge in [0.2, 0.25) is 5.78 Å². The van der Waals surface area contributed by atoms with Crippen LogP contribution < -0.4 is 11.2 Å². The number of fused-ring (bicyclic) bond motifs is 3. The minimum Gasteiger partial charge on any atom is -0.310 e. The highest BCUT2D eigenvalue weighted by molar-refractivity contribution is 5.75. The predicted molar refractivity (Wildman–Crippen MR) is 94.6 cm³/mol. The highest BCUT2D eigenvalue weighted by atomic mass is 16.2. The molecule has 3 rings (SSSR count).